The lowest BCUT2D eigenvalue weighted by atomic mass is 10.1. The smallest absolute Gasteiger partial charge is 0.251 e. The average molecular weight is 571 g/mol. The molecule has 2 saturated heterocycles. The van der Waals surface area contributed by atoms with E-state index >= 15 is 0 Å². The zero-order valence-electron chi connectivity index (χ0n) is 23.7. The first kappa shape index (κ1) is 29.0. The summed E-state index contributed by atoms with van der Waals surface area (Å²) in [7, 11) is 3.23. The van der Waals surface area contributed by atoms with Gasteiger partial charge in [0.05, 0.1) is 50.5 Å². The Morgan fingerprint density at radius 2 is 1.00 bits per heavy atom. The van der Waals surface area contributed by atoms with Crippen molar-refractivity contribution in [3.05, 3.63) is 83.9 Å². The Morgan fingerprint density at radius 3 is 1.38 bits per heavy atom. The van der Waals surface area contributed by atoms with Gasteiger partial charge in [0.15, 0.2) is 0 Å². The van der Waals surface area contributed by atoms with Crippen LogP contribution in [-0.4, -0.2) is 63.0 Å². The van der Waals surface area contributed by atoms with Crippen LogP contribution in [0.1, 0.15) is 24.0 Å². The number of hydrogen-bond acceptors (Lipinski definition) is 8. The number of rotatable bonds is 12. The summed E-state index contributed by atoms with van der Waals surface area (Å²) < 4.78 is 10.8. The van der Waals surface area contributed by atoms with E-state index in [1.165, 1.54) is 0 Å². The molecular formula is C32H34N4O6. The maximum atomic E-state index is 13.1. The lowest BCUT2D eigenvalue weighted by molar-refractivity contribution is -0.123. The van der Waals surface area contributed by atoms with Crippen LogP contribution in [-0.2, 0) is 32.0 Å². The molecule has 0 aromatic heterocycles. The Hall–Kier alpha value is -4.54. The van der Waals surface area contributed by atoms with Gasteiger partial charge < -0.3 is 20.1 Å². The van der Waals surface area contributed by atoms with Crippen molar-refractivity contribution in [2.75, 3.05) is 37.1 Å². The lowest BCUT2D eigenvalue weighted by Crippen LogP contribution is -2.40. The van der Waals surface area contributed by atoms with Crippen molar-refractivity contribution in [3.63, 3.8) is 0 Å². The normalized spacial score (nSPS) is 18.7. The first-order valence-electron chi connectivity index (χ1n) is 14.0. The quantitative estimate of drug-likeness (QED) is 0.319. The summed E-state index contributed by atoms with van der Waals surface area (Å²) in [5, 5.41) is 6.38. The highest BCUT2D eigenvalue weighted by molar-refractivity contribution is 6.24. The fourth-order valence-electron chi connectivity index (χ4n) is 5.46. The molecule has 0 radical (unpaired) electrons. The van der Waals surface area contributed by atoms with Crippen LogP contribution in [0.4, 0.5) is 11.4 Å². The summed E-state index contributed by atoms with van der Waals surface area (Å²) in [6.45, 7) is 1.01. The van der Waals surface area contributed by atoms with Gasteiger partial charge in [-0.3, -0.25) is 19.2 Å². The van der Waals surface area contributed by atoms with E-state index in [1.807, 2.05) is 48.5 Å². The van der Waals surface area contributed by atoms with Crippen LogP contribution >= 0.6 is 0 Å². The number of carbonyl (C=O) groups excluding carboxylic acids is 4. The number of hydrogen-bond donors (Lipinski definition) is 2. The van der Waals surface area contributed by atoms with Crippen molar-refractivity contribution in [2.24, 2.45) is 0 Å². The van der Waals surface area contributed by atoms with E-state index in [2.05, 4.69) is 10.6 Å². The van der Waals surface area contributed by atoms with Crippen molar-refractivity contribution in [1.29, 1.82) is 0 Å². The van der Waals surface area contributed by atoms with Gasteiger partial charge in [0.1, 0.15) is 11.5 Å². The van der Waals surface area contributed by atoms with Gasteiger partial charge in [-0.05, 0) is 60.4 Å². The summed E-state index contributed by atoms with van der Waals surface area (Å²) >= 11 is 0. The molecule has 2 aliphatic rings. The van der Waals surface area contributed by atoms with Crippen molar-refractivity contribution in [2.45, 2.75) is 37.8 Å². The first-order valence-corrected chi connectivity index (χ1v) is 14.0. The molecule has 218 valence electrons. The summed E-state index contributed by atoms with van der Waals surface area (Å²) in [6, 6.07) is 20.4. The Morgan fingerprint density at radius 1 is 0.619 bits per heavy atom. The number of amides is 4. The highest BCUT2D eigenvalue weighted by Gasteiger charge is 2.41. The number of ether oxygens (including phenoxy) is 2. The molecule has 0 unspecified atom stereocenters. The fraction of sp³-hybridized carbons (Fsp3) is 0.312. The molecule has 2 aliphatic heterocycles. The monoisotopic (exact) mass is 570 g/mol. The zero-order chi connectivity index (χ0) is 29.6. The molecule has 5 rings (SSSR count). The van der Waals surface area contributed by atoms with E-state index in [9.17, 15) is 19.2 Å². The van der Waals surface area contributed by atoms with Gasteiger partial charge in [-0.25, -0.2) is 9.80 Å². The maximum Gasteiger partial charge on any atom is 0.251 e. The van der Waals surface area contributed by atoms with E-state index in [-0.39, 0.29) is 36.5 Å². The average Bonchev–Trinajstić information content (AvgIpc) is 3.45. The molecule has 10 nitrogen and oxygen atoms in total. The third-order valence-electron chi connectivity index (χ3n) is 7.61. The Balaban J connectivity index is 1.17. The van der Waals surface area contributed by atoms with Gasteiger partial charge in [0.2, 0.25) is 11.8 Å². The van der Waals surface area contributed by atoms with Crippen LogP contribution in [0.25, 0.3) is 0 Å². The number of para-hydroxylation sites is 2. The van der Waals surface area contributed by atoms with Crippen LogP contribution in [0.15, 0.2) is 72.8 Å². The Bertz CT molecular complexity index is 1360. The number of benzene rings is 3. The SMILES string of the molecule is COc1ccccc1CCN[C@H]1CC(=O)N(c2ccc(N3C(=O)C[C@H](NCCc4ccccc4OC)C3=O)cc2)C1=O. The summed E-state index contributed by atoms with van der Waals surface area (Å²) in [5.74, 6) is 0.269. The summed E-state index contributed by atoms with van der Waals surface area (Å²) in [4.78, 5) is 54.0. The number of imide groups is 2. The number of methoxy groups -OCH3 is 2. The van der Waals surface area contributed by atoms with Crippen molar-refractivity contribution in [3.8, 4) is 11.5 Å². The van der Waals surface area contributed by atoms with Crippen molar-refractivity contribution >= 4 is 35.0 Å². The van der Waals surface area contributed by atoms with Crippen LogP contribution in [0.5, 0.6) is 11.5 Å². The predicted molar refractivity (Wildman–Crippen MR) is 158 cm³/mol. The van der Waals surface area contributed by atoms with Crippen LogP contribution in [0, 0.1) is 0 Å². The second-order valence-electron chi connectivity index (χ2n) is 10.2. The van der Waals surface area contributed by atoms with Crippen LogP contribution in [0.2, 0.25) is 0 Å². The molecule has 2 atom stereocenters. The molecule has 4 amide bonds. The molecule has 0 bridgehead atoms. The zero-order valence-corrected chi connectivity index (χ0v) is 23.7. The largest absolute Gasteiger partial charge is 0.496 e. The third-order valence-corrected chi connectivity index (χ3v) is 7.61. The molecule has 0 spiro atoms. The fourth-order valence-corrected chi connectivity index (χ4v) is 5.46. The van der Waals surface area contributed by atoms with Crippen molar-refractivity contribution in [1.82, 2.24) is 10.6 Å². The number of anilines is 2. The van der Waals surface area contributed by atoms with Crippen LogP contribution in [0.3, 0.4) is 0 Å². The molecule has 2 heterocycles. The predicted octanol–water partition coefficient (Wildman–Crippen LogP) is 2.63. The number of carbonyl (C=O) groups is 4. The van der Waals surface area contributed by atoms with Crippen molar-refractivity contribution < 1.29 is 28.7 Å². The highest BCUT2D eigenvalue weighted by Crippen LogP contribution is 2.29. The van der Waals surface area contributed by atoms with Gasteiger partial charge >= 0.3 is 0 Å². The maximum absolute atomic E-state index is 13.1. The summed E-state index contributed by atoms with van der Waals surface area (Å²) in [6.07, 6.45) is 1.39. The molecule has 3 aromatic carbocycles. The second kappa shape index (κ2) is 13.0. The molecule has 10 heteroatoms. The second-order valence-corrected chi connectivity index (χ2v) is 10.2. The third kappa shape index (κ3) is 6.05. The van der Waals surface area contributed by atoms with E-state index in [1.54, 1.807) is 38.5 Å². The van der Waals surface area contributed by atoms with Gasteiger partial charge in [-0.1, -0.05) is 36.4 Å². The molecular weight excluding hydrogens is 536 g/mol. The molecule has 0 aliphatic carbocycles. The minimum atomic E-state index is -0.628. The van der Waals surface area contributed by atoms with E-state index in [0.29, 0.717) is 37.3 Å². The summed E-state index contributed by atoms with van der Waals surface area (Å²) in [5.41, 5.74) is 2.81. The highest BCUT2D eigenvalue weighted by atomic mass is 16.5. The van der Waals surface area contributed by atoms with E-state index in [0.717, 1.165) is 32.4 Å². The minimum Gasteiger partial charge on any atom is -0.496 e. The Labute approximate surface area is 244 Å². The minimum absolute atomic E-state index is 0.0534. The van der Waals surface area contributed by atoms with E-state index < -0.39 is 12.1 Å². The molecule has 3 aromatic rings. The molecule has 42 heavy (non-hydrogen) atoms. The molecule has 0 saturated carbocycles. The van der Waals surface area contributed by atoms with E-state index in [4.69, 9.17) is 9.47 Å². The standard InChI is InChI=1S/C32H34N4O6/c1-41-27-9-5-3-7-21(27)15-17-33-25-19-29(37)35(31(25)39)23-11-13-24(14-12-23)36-30(38)20-26(32(36)40)34-18-16-22-8-4-6-10-28(22)42-2/h3-14,25-26,33-34H,15-20H2,1-2H3/t25-,26-/m0/s1. The van der Waals surface area contributed by atoms with Gasteiger partial charge in [0, 0.05) is 13.1 Å². The first-order chi connectivity index (χ1) is 20.4. The Kier molecular flexibility index (Phi) is 8.94. The topological polar surface area (TPSA) is 117 Å². The van der Waals surface area contributed by atoms with Gasteiger partial charge in [0.25, 0.3) is 11.8 Å². The van der Waals surface area contributed by atoms with Crippen LogP contribution < -0.4 is 29.9 Å². The van der Waals surface area contributed by atoms with Gasteiger partial charge in [-0.2, -0.15) is 0 Å². The molecule has 2 N–H and O–H groups in total. The number of nitrogens with one attached hydrogen (secondary N) is 2. The molecule has 2 fully saturated rings. The lowest BCUT2D eigenvalue weighted by Gasteiger charge is -2.19. The van der Waals surface area contributed by atoms with Gasteiger partial charge in [-0.15, -0.1) is 0 Å². The number of nitrogens with zero attached hydrogens (tertiary/aromatic N) is 2.